The summed E-state index contributed by atoms with van der Waals surface area (Å²) in [5.74, 6) is -1.66. The normalized spacial score (nSPS) is 21.2. The number of aliphatic hydroxyl groups excluding tert-OH is 1. The number of likely N-dealkylation sites (tertiary alicyclic amines) is 1. The van der Waals surface area contributed by atoms with Crippen LogP contribution in [-0.2, 0) is 32.2 Å². The molecule has 0 unspecified atom stereocenters. The number of ether oxygens (including phenoxy) is 2. The first-order valence-electron chi connectivity index (χ1n) is 14.7. The number of nitrogens with zero attached hydrogens (tertiary/aromatic N) is 3. The van der Waals surface area contributed by atoms with Gasteiger partial charge in [-0.05, 0) is 48.6 Å². The third kappa shape index (κ3) is 5.95. The van der Waals surface area contributed by atoms with Gasteiger partial charge in [0.1, 0.15) is 0 Å². The van der Waals surface area contributed by atoms with Crippen molar-refractivity contribution in [2.24, 2.45) is 5.92 Å². The van der Waals surface area contributed by atoms with E-state index in [0.29, 0.717) is 61.7 Å². The number of hydrogen-bond donors (Lipinski definition) is 2. The highest BCUT2D eigenvalue weighted by Gasteiger charge is 2.48. The van der Waals surface area contributed by atoms with Gasteiger partial charge in [0.25, 0.3) is 5.91 Å². The van der Waals surface area contributed by atoms with Crippen molar-refractivity contribution >= 4 is 23.5 Å². The second-order valence-electron chi connectivity index (χ2n) is 11.0. The van der Waals surface area contributed by atoms with E-state index in [2.05, 4.69) is 0 Å². The summed E-state index contributed by atoms with van der Waals surface area (Å²) in [5.41, 5.74) is 3.02. The number of fused-ring (bicyclic) bond motifs is 2. The molecule has 5 rings (SSSR count). The first-order chi connectivity index (χ1) is 20.4. The molecule has 3 aliphatic heterocycles. The lowest BCUT2D eigenvalue weighted by atomic mass is 9.83. The molecule has 2 aromatic carbocycles. The third-order valence-corrected chi connectivity index (χ3v) is 8.27. The molecular formula is C31H39N3O8. The number of aliphatic hydroxyl groups is 1. The van der Waals surface area contributed by atoms with Crippen LogP contribution in [0, 0.1) is 5.92 Å². The maximum absolute atomic E-state index is 13.5. The molecule has 0 radical (unpaired) electrons. The summed E-state index contributed by atoms with van der Waals surface area (Å²) in [6.45, 7) is 5.14. The standard InChI is InChI=1S/C31H39N3O8/c1-3-10-34(42-12-4-2)28(37)17-32-16-23(21-13-22(18-35)30-26(14-21)40-19-41-30)29(31(38)39)25(32)9-11-33-24-8-6-5-7-20(24)15-27(33)36/h5-8,13-14,23,25,29,35H,3-4,9-12,15-19H2,1-2H3,(H,38,39)/t23-,25+,29-/m1/s1. The Morgan fingerprint density at radius 2 is 1.95 bits per heavy atom. The summed E-state index contributed by atoms with van der Waals surface area (Å²) in [6.07, 6.45) is 2.15. The highest BCUT2D eigenvalue weighted by Crippen LogP contribution is 2.45. The number of carbonyl (C=O) groups excluding carboxylic acids is 2. The summed E-state index contributed by atoms with van der Waals surface area (Å²) in [5, 5.41) is 21.9. The fourth-order valence-corrected chi connectivity index (χ4v) is 6.37. The largest absolute Gasteiger partial charge is 0.481 e. The molecule has 2 amide bonds. The molecule has 2 N–H and O–H groups in total. The zero-order chi connectivity index (χ0) is 29.8. The van der Waals surface area contributed by atoms with Gasteiger partial charge in [0.15, 0.2) is 11.5 Å². The number of amides is 2. The maximum atomic E-state index is 13.5. The minimum atomic E-state index is -0.982. The number of carboxylic acid groups (broad SMARTS) is 1. The number of anilines is 1. The van der Waals surface area contributed by atoms with Crippen LogP contribution in [0.1, 0.15) is 55.7 Å². The van der Waals surface area contributed by atoms with Gasteiger partial charge in [-0.2, -0.15) is 0 Å². The van der Waals surface area contributed by atoms with Crippen molar-refractivity contribution in [1.82, 2.24) is 9.96 Å². The Morgan fingerprint density at radius 3 is 2.69 bits per heavy atom. The highest BCUT2D eigenvalue weighted by atomic mass is 16.7. The van der Waals surface area contributed by atoms with Gasteiger partial charge in [-0.15, -0.1) is 0 Å². The molecule has 42 heavy (non-hydrogen) atoms. The van der Waals surface area contributed by atoms with Crippen molar-refractivity contribution in [2.45, 2.75) is 58.1 Å². The van der Waals surface area contributed by atoms with Crippen LogP contribution in [-0.4, -0.2) is 83.6 Å². The van der Waals surface area contributed by atoms with Gasteiger partial charge in [-0.1, -0.05) is 32.0 Å². The Morgan fingerprint density at radius 1 is 1.14 bits per heavy atom. The third-order valence-electron chi connectivity index (χ3n) is 8.27. The van der Waals surface area contributed by atoms with Gasteiger partial charge < -0.3 is 24.6 Å². The molecule has 226 valence electrons. The summed E-state index contributed by atoms with van der Waals surface area (Å²) >= 11 is 0. The molecule has 0 bridgehead atoms. The molecule has 0 aromatic heterocycles. The molecule has 3 atom stereocenters. The molecule has 0 spiro atoms. The second kappa shape index (κ2) is 13.1. The predicted octanol–water partition coefficient (Wildman–Crippen LogP) is 2.94. The maximum Gasteiger partial charge on any atom is 0.308 e. The number of hydroxylamine groups is 2. The molecule has 11 heteroatoms. The van der Waals surface area contributed by atoms with Crippen molar-refractivity contribution in [3.8, 4) is 11.5 Å². The average Bonchev–Trinajstić information content (AvgIpc) is 3.68. The van der Waals surface area contributed by atoms with Gasteiger partial charge in [0.05, 0.1) is 32.1 Å². The lowest BCUT2D eigenvalue weighted by Gasteiger charge is -2.30. The molecule has 1 saturated heterocycles. The topological polar surface area (TPSA) is 129 Å². The molecule has 3 heterocycles. The Labute approximate surface area is 245 Å². The fourth-order valence-electron chi connectivity index (χ4n) is 6.37. The second-order valence-corrected chi connectivity index (χ2v) is 11.0. The first-order valence-corrected chi connectivity index (χ1v) is 14.7. The van der Waals surface area contributed by atoms with E-state index in [9.17, 15) is 24.6 Å². The van der Waals surface area contributed by atoms with Crippen LogP contribution in [0.25, 0.3) is 0 Å². The zero-order valence-electron chi connectivity index (χ0n) is 24.2. The Bertz CT molecular complexity index is 1320. The SMILES string of the molecule is CCCON(CCC)C(=O)CN1C[C@H](c2cc(CO)c3c(c2)OCO3)[C@@H](C(=O)O)[C@@H]1CCN1C(=O)Cc2ccccc21. The molecular weight excluding hydrogens is 542 g/mol. The number of carbonyl (C=O) groups is 3. The number of aliphatic carboxylic acids is 1. The Balaban J connectivity index is 1.45. The minimum absolute atomic E-state index is 0.0173. The summed E-state index contributed by atoms with van der Waals surface area (Å²) in [4.78, 5) is 48.7. The van der Waals surface area contributed by atoms with E-state index in [1.165, 1.54) is 5.06 Å². The van der Waals surface area contributed by atoms with E-state index in [1.54, 1.807) is 17.0 Å². The summed E-state index contributed by atoms with van der Waals surface area (Å²) < 4.78 is 11.1. The quantitative estimate of drug-likeness (QED) is 0.343. The van der Waals surface area contributed by atoms with Crippen molar-refractivity contribution < 1.29 is 38.9 Å². The van der Waals surface area contributed by atoms with Gasteiger partial charge in [-0.3, -0.25) is 24.1 Å². The van der Waals surface area contributed by atoms with Gasteiger partial charge in [-0.25, -0.2) is 5.06 Å². The zero-order valence-corrected chi connectivity index (χ0v) is 24.2. The molecule has 11 nitrogen and oxygen atoms in total. The van der Waals surface area contributed by atoms with E-state index in [1.807, 2.05) is 43.0 Å². The Kier molecular flexibility index (Phi) is 9.30. The Hall–Kier alpha value is -3.67. The molecule has 0 aliphatic carbocycles. The van der Waals surface area contributed by atoms with Crippen LogP contribution in [0.4, 0.5) is 5.69 Å². The number of carboxylic acids is 1. The molecule has 0 saturated carbocycles. The smallest absolute Gasteiger partial charge is 0.308 e. The predicted molar refractivity (Wildman–Crippen MR) is 153 cm³/mol. The van der Waals surface area contributed by atoms with Crippen molar-refractivity contribution in [1.29, 1.82) is 0 Å². The summed E-state index contributed by atoms with van der Waals surface area (Å²) in [6, 6.07) is 10.6. The van der Waals surface area contributed by atoms with Crippen molar-refractivity contribution in [2.75, 3.05) is 44.5 Å². The van der Waals surface area contributed by atoms with Gasteiger partial charge in [0.2, 0.25) is 12.7 Å². The highest BCUT2D eigenvalue weighted by molar-refractivity contribution is 6.01. The summed E-state index contributed by atoms with van der Waals surface area (Å²) in [7, 11) is 0. The monoisotopic (exact) mass is 581 g/mol. The first kappa shape index (κ1) is 29.8. The van der Waals surface area contributed by atoms with E-state index < -0.39 is 23.8 Å². The van der Waals surface area contributed by atoms with Crippen molar-refractivity contribution in [3.63, 3.8) is 0 Å². The van der Waals surface area contributed by atoms with E-state index in [0.717, 1.165) is 24.1 Å². The molecule has 3 aliphatic rings. The lowest BCUT2D eigenvalue weighted by Crippen LogP contribution is -2.45. The number of para-hydroxylation sites is 1. The van der Waals surface area contributed by atoms with Crippen LogP contribution < -0.4 is 14.4 Å². The van der Waals surface area contributed by atoms with Crippen LogP contribution in [0.2, 0.25) is 0 Å². The van der Waals surface area contributed by atoms with Crippen LogP contribution in [0.5, 0.6) is 11.5 Å². The lowest BCUT2D eigenvalue weighted by molar-refractivity contribution is -0.188. The average molecular weight is 582 g/mol. The molecule has 1 fully saturated rings. The fraction of sp³-hybridized carbons (Fsp3) is 0.516. The van der Waals surface area contributed by atoms with E-state index in [-0.39, 0.29) is 31.8 Å². The number of hydrogen-bond acceptors (Lipinski definition) is 8. The van der Waals surface area contributed by atoms with Crippen molar-refractivity contribution in [3.05, 3.63) is 53.1 Å². The van der Waals surface area contributed by atoms with Gasteiger partial charge in [0, 0.05) is 42.8 Å². The van der Waals surface area contributed by atoms with Crippen LogP contribution in [0.15, 0.2) is 36.4 Å². The van der Waals surface area contributed by atoms with Crippen LogP contribution in [0.3, 0.4) is 0 Å². The van der Waals surface area contributed by atoms with Gasteiger partial charge >= 0.3 is 5.97 Å². The van der Waals surface area contributed by atoms with Crippen LogP contribution >= 0.6 is 0 Å². The van der Waals surface area contributed by atoms with E-state index >= 15 is 0 Å². The van der Waals surface area contributed by atoms with E-state index in [4.69, 9.17) is 14.3 Å². The number of rotatable bonds is 13. The number of benzene rings is 2. The minimum Gasteiger partial charge on any atom is -0.481 e. The molecule has 2 aromatic rings.